The summed E-state index contributed by atoms with van der Waals surface area (Å²) in [6.45, 7) is 0. The number of carbonyl (C=O) groups is 2. The summed E-state index contributed by atoms with van der Waals surface area (Å²) in [6.07, 6.45) is 2.83. The fourth-order valence-corrected chi connectivity index (χ4v) is 1.61. The van der Waals surface area contributed by atoms with Crippen molar-refractivity contribution in [2.24, 2.45) is 0 Å². The number of aromatic carboxylic acids is 1. The Morgan fingerprint density at radius 2 is 1.74 bits per heavy atom. The first-order valence-corrected chi connectivity index (χ1v) is 5.57. The Kier molecular flexibility index (Phi) is 3.72. The fourth-order valence-electron chi connectivity index (χ4n) is 1.41. The average molecular weight is 278 g/mol. The van der Waals surface area contributed by atoms with Crippen LogP contribution in [-0.2, 0) is 0 Å². The lowest BCUT2D eigenvalue weighted by molar-refractivity contribution is 0.0697. The van der Waals surface area contributed by atoms with Gasteiger partial charge in [-0.05, 0) is 24.3 Å². The van der Waals surface area contributed by atoms with Crippen LogP contribution in [0.2, 0.25) is 5.15 Å². The highest BCUT2D eigenvalue weighted by Gasteiger charge is 2.16. The minimum absolute atomic E-state index is 0.0350. The quantitative estimate of drug-likeness (QED) is 0.838. The number of pyridine rings is 2. The molecule has 1 amide bonds. The van der Waals surface area contributed by atoms with Crippen molar-refractivity contribution in [3.05, 3.63) is 52.9 Å². The highest BCUT2D eigenvalue weighted by Crippen LogP contribution is 2.16. The fraction of sp³-hybridized carbons (Fsp3) is 0. The number of carbonyl (C=O) groups excluding carboxylic acids is 1. The number of hydrogen-bond donors (Lipinski definition) is 2. The summed E-state index contributed by atoms with van der Waals surface area (Å²) >= 11 is 5.78. The van der Waals surface area contributed by atoms with Crippen molar-refractivity contribution >= 4 is 29.3 Å². The summed E-state index contributed by atoms with van der Waals surface area (Å²) in [5.41, 5.74) is 0.0435. The molecule has 0 radical (unpaired) electrons. The Balaban J connectivity index is 2.30. The smallest absolute Gasteiger partial charge is 0.339 e. The van der Waals surface area contributed by atoms with E-state index in [1.807, 2.05) is 0 Å². The van der Waals surface area contributed by atoms with Gasteiger partial charge in [0.25, 0.3) is 5.91 Å². The van der Waals surface area contributed by atoms with Crippen molar-refractivity contribution in [1.82, 2.24) is 9.97 Å². The van der Waals surface area contributed by atoms with Gasteiger partial charge in [-0.15, -0.1) is 0 Å². The van der Waals surface area contributed by atoms with Crippen molar-refractivity contribution in [2.75, 3.05) is 5.32 Å². The van der Waals surface area contributed by atoms with Gasteiger partial charge in [0.1, 0.15) is 16.5 Å². The van der Waals surface area contributed by atoms with E-state index in [-0.39, 0.29) is 22.1 Å². The number of nitrogens with one attached hydrogen (secondary N) is 1. The molecule has 0 aliphatic heterocycles. The number of halogens is 1. The van der Waals surface area contributed by atoms with Gasteiger partial charge in [0, 0.05) is 12.4 Å². The van der Waals surface area contributed by atoms with Gasteiger partial charge in [-0.3, -0.25) is 4.79 Å². The van der Waals surface area contributed by atoms with Crippen molar-refractivity contribution in [3.8, 4) is 0 Å². The second kappa shape index (κ2) is 5.45. The Morgan fingerprint density at radius 1 is 1.11 bits per heavy atom. The highest BCUT2D eigenvalue weighted by molar-refractivity contribution is 6.33. The molecule has 6 nitrogen and oxygen atoms in total. The van der Waals surface area contributed by atoms with E-state index in [1.54, 1.807) is 6.07 Å². The first-order chi connectivity index (χ1) is 9.09. The van der Waals surface area contributed by atoms with Crippen LogP contribution in [0.25, 0.3) is 0 Å². The van der Waals surface area contributed by atoms with Crippen LogP contribution in [0.15, 0.2) is 36.7 Å². The Bertz CT molecular complexity index is 646. The van der Waals surface area contributed by atoms with Crippen LogP contribution in [0.4, 0.5) is 5.82 Å². The molecule has 0 saturated carbocycles. The van der Waals surface area contributed by atoms with Crippen LogP contribution >= 0.6 is 11.6 Å². The molecule has 2 aromatic rings. The van der Waals surface area contributed by atoms with Gasteiger partial charge in [0.05, 0.1) is 5.56 Å². The number of anilines is 1. The predicted octanol–water partition coefficient (Wildman–Crippen LogP) is 2.08. The maximum Gasteiger partial charge on any atom is 0.339 e. The number of nitrogens with zero attached hydrogens (tertiary/aromatic N) is 2. The molecule has 2 N–H and O–H groups in total. The third-order valence-electron chi connectivity index (χ3n) is 2.27. The molecule has 0 saturated heterocycles. The molecule has 0 aliphatic rings. The molecular formula is C12H8ClN3O3. The molecule has 0 bridgehead atoms. The SMILES string of the molecule is O=C(Nc1ncccc1C(=O)O)c1cccnc1Cl. The van der Waals surface area contributed by atoms with E-state index in [0.717, 1.165) is 0 Å². The zero-order valence-electron chi connectivity index (χ0n) is 9.50. The van der Waals surface area contributed by atoms with Crippen LogP contribution < -0.4 is 5.32 Å². The molecular weight excluding hydrogens is 270 g/mol. The van der Waals surface area contributed by atoms with E-state index in [4.69, 9.17) is 16.7 Å². The maximum atomic E-state index is 11.9. The number of carboxylic acid groups (broad SMARTS) is 1. The van der Waals surface area contributed by atoms with E-state index < -0.39 is 11.9 Å². The molecule has 0 spiro atoms. The van der Waals surface area contributed by atoms with Crippen LogP contribution in [-0.4, -0.2) is 27.0 Å². The summed E-state index contributed by atoms with van der Waals surface area (Å²) in [5.74, 6) is -1.79. The maximum absolute atomic E-state index is 11.9. The number of aromatic nitrogens is 2. The Hall–Kier alpha value is -2.47. The van der Waals surface area contributed by atoms with Crippen molar-refractivity contribution in [1.29, 1.82) is 0 Å². The van der Waals surface area contributed by atoms with Crippen LogP contribution in [0, 0.1) is 0 Å². The van der Waals surface area contributed by atoms with Gasteiger partial charge >= 0.3 is 5.97 Å². The lowest BCUT2D eigenvalue weighted by atomic mass is 10.2. The molecule has 19 heavy (non-hydrogen) atoms. The second-order valence-electron chi connectivity index (χ2n) is 3.50. The summed E-state index contributed by atoms with van der Waals surface area (Å²) in [6, 6.07) is 5.84. The molecule has 2 heterocycles. The molecule has 2 aromatic heterocycles. The van der Waals surface area contributed by atoms with Gasteiger partial charge in [-0.25, -0.2) is 14.8 Å². The molecule has 0 unspecified atom stereocenters. The molecule has 0 atom stereocenters. The van der Waals surface area contributed by atoms with E-state index in [9.17, 15) is 9.59 Å². The number of rotatable bonds is 3. The standard InChI is InChI=1S/C12H8ClN3O3/c13-9-7(3-1-5-14-9)11(17)16-10-8(12(18)19)4-2-6-15-10/h1-6H,(H,18,19)(H,15,16,17). The normalized spacial score (nSPS) is 9.95. The van der Waals surface area contributed by atoms with E-state index in [1.165, 1.54) is 30.6 Å². The first kappa shape index (κ1) is 13.0. The number of hydrogen-bond acceptors (Lipinski definition) is 4. The van der Waals surface area contributed by atoms with E-state index in [2.05, 4.69) is 15.3 Å². The van der Waals surface area contributed by atoms with Crippen molar-refractivity contribution in [3.63, 3.8) is 0 Å². The van der Waals surface area contributed by atoms with Gasteiger partial charge in [0.15, 0.2) is 0 Å². The third-order valence-corrected chi connectivity index (χ3v) is 2.57. The minimum Gasteiger partial charge on any atom is -0.478 e. The van der Waals surface area contributed by atoms with Crippen LogP contribution in [0.5, 0.6) is 0 Å². The highest BCUT2D eigenvalue weighted by atomic mass is 35.5. The van der Waals surface area contributed by atoms with Crippen LogP contribution in [0.1, 0.15) is 20.7 Å². The monoisotopic (exact) mass is 277 g/mol. The molecule has 0 fully saturated rings. The van der Waals surface area contributed by atoms with Crippen molar-refractivity contribution < 1.29 is 14.7 Å². The van der Waals surface area contributed by atoms with Gasteiger partial charge < -0.3 is 10.4 Å². The summed E-state index contributed by atoms with van der Waals surface area (Å²) in [7, 11) is 0. The molecule has 2 rings (SSSR count). The number of amides is 1. The zero-order valence-corrected chi connectivity index (χ0v) is 10.3. The largest absolute Gasteiger partial charge is 0.478 e. The molecule has 0 aromatic carbocycles. The average Bonchev–Trinajstić information content (AvgIpc) is 2.39. The second-order valence-corrected chi connectivity index (χ2v) is 3.86. The predicted molar refractivity (Wildman–Crippen MR) is 68.4 cm³/mol. The van der Waals surface area contributed by atoms with Gasteiger partial charge in [0.2, 0.25) is 0 Å². The lowest BCUT2D eigenvalue weighted by Crippen LogP contribution is -2.16. The topological polar surface area (TPSA) is 92.2 Å². The van der Waals surface area contributed by atoms with Gasteiger partial charge in [-0.2, -0.15) is 0 Å². The summed E-state index contributed by atoms with van der Waals surface area (Å²) < 4.78 is 0. The molecule has 7 heteroatoms. The third kappa shape index (κ3) is 2.86. The van der Waals surface area contributed by atoms with Crippen molar-refractivity contribution in [2.45, 2.75) is 0 Å². The van der Waals surface area contributed by atoms with E-state index >= 15 is 0 Å². The van der Waals surface area contributed by atoms with E-state index in [0.29, 0.717) is 0 Å². The van der Waals surface area contributed by atoms with Crippen LogP contribution in [0.3, 0.4) is 0 Å². The Labute approximate surface area is 113 Å². The summed E-state index contributed by atoms with van der Waals surface area (Å²) in [5, 5.41) is 11.4. The zero-order chi connectivity index (χ0) is 13.8. The molecule has 0 aliphatic carbocycles. The first-order valence-electron chi connectivity index (χ1n) is 5.20. The Morgan fingerprint density at radius 3 is 2.37 bits per heavy atom. The van der Waals surface area contributed by atoms with Gasteiger partial charge in [-0.1, -0.05) is 11.6 Å². The minimum atomic E-state index is -1.18. The molecule has 96 valence electrons. The lowest BCUT2D eigenvalue weighted by Gasteiger charge is -2.07. The summed E-state index contributed by atoms with van der Waals surface area (Å²) in [4.78, 5) is 30.5. The number of carboxylic acids is 1.